The molecule has 0 spiro atoms. The van der Waals surface area contributed by atoms with E-state index in [1.165, 1.54) is 5.56 Å². The second-order valence-electron chi connectivity index (χ2n) is 5.84. The molecule has 0 saturated carbocycles. The van der Waals surface area contributed by atoms with Crippen LogP contribution in [-0.2, 0) is 4.74 Å². The first-order valence-corrected chi connectivity index (χ1v) is 10.6. The molecule has 0 saturated heterocycles. The Labute approximate surface area is 181 Å². The molecule has 0 bridgehead atoms. The highest BCUT2D eigenvalue weighted by Gasteiger charge is 2.18. The van der Waals surface area contributed by atoms with E-state index in [9.17, 15) is 0 Å². The van der Waals surface area contributed by atoms with Gasteiger partial charge in [-0.15, -0.1) is 24.0 Å². The van der Waals surface area contributed by atoms with Gasteiger partial charge in [0.05, 0.1) is 12.6 Å². The molecule has 0 radical (unpaired) electrons. The van der Waals surface area contributed by atoms with Crippen LogP contribution in [0.3, 0.4) is 0 Å². The zero-order valence-electron chi connectivity index (χ0n) is 16.8. The van der Waals surface area contributed by atoms with Crippen LogP contribution in [0.25, 0.3) is 0 Å². The Bertz CT molecular complexity index is 452. The van der Waals surface area contributed by atoms with E-state index in [1.54, 1.807) is 11.3 Å². The monoisotopic (exact) mass is 496 g/mol. The Morgan fingerprint density at radius 1 is 1.19 bits per heavy atom. The molecule has 0 aliphatic rings. The Hall–Kier alpha value is -0.380. The Balaban J connectivity index is 0.00000625. The second kappa shape index (κ2) is 16.8. The molecular weight excluding hydrogens is 459 g/mol. The molecule has 2 N–H and O–H groups in total. The Kier molecular flexibility index (Phi) is 16.5. The third-order valence-electron chi connectivity index (χ3n) is 4.16. The Morgan fingerprint density at radius 3 is 2.54 bits per heavy atom. The molecule has 7 heteroatoms. The van der Waals surface area contributed by atoms with Crippen LogP contribution >= 0.6 is 35.3 Å². The molecular formula is C19H37IN4OS. The first kappa shape index (κ1) is 25.6. The van der Waals surface area contributed by atoms with Crippen molar-refractivity contribution in [2.45, 2.75) is 46.6 Å². The summed E-state index contributed by atoms with van der Waals surface area (Å²) >= 11 is 1.76. The first-order valence-electron chi connectivity index (χ1n) is 9.62. The number of hydrogen-bond donors (Lipinski definition) is 2. The maximum atomic E-state index is 5.38. The van der Waals surface area contributed by atoms with Crippen molar-refractivity contribution in [1.29, 1.82) is 0 Å². The number of nitrogens with one attached hydrogen (secondary N) is 2. The van der Waals surface area contributed by atoms with E-state index in [2.05, 4.69) is 53.1 Å². The number of halogens is 1. The molecule has 1 aromatic heterocycles. The highest BCUT2D eigenvalue weighted by molar-refractivity contribution is 14.0. The van der Waals surface area contributed by atoms with Crippen molar-refractivity contribution >= 4 is 41.3 Å². The molecule has 0 aliphatic heterocycles. The average molecular weight is 497 g/mol. The van der Waals surface area contributed by atoms with Crippen LogP contribution in [0.1, 0.15) is 52.1 Å². The normalized spacial score (nSPS) is 12.7. The topological polar surface area (TPSA) is 48.9 Å². The lowest BCUT2D eigenvalue weighted by Crippen LogP contribution is -2.39. The van der Waals surface area contributed by atoms with Crippen molar-refractivity contribution in [3.05, 3.63) is 22.4 Å². The van der Waals surface area contributed by atoms with Gasteiger partial charge >= 0.3 is 0 Å². The summed E-state index contributed by atoms with van der Waals surface area (Å²) in [5.74, 6) is 0.909. The van der Waals surface area contributed by atoms with Gasteiger partial charge in [0.1, 0.15) is 0 Å². The van der Waals surface area contributed by atoms with Crippen LogP contribution in [0, 0.1) is 0 Å². The van der Waals surface area contributed by atoms with Crippen LogP contribution in [0.2, 0.25) is 0 Å². The summed E-state index contributed by atoms with van der Waals surface area (Å²) in [6.07, 6.45) is 2.17. The van der Waals surface area contributed by atoms with Crippen LogP contribution in [0.15, 0.2) is 21.8 Å². The quantitative estimate of drug-likeness (QED) is 0.187. The van der Waals surface area contributed by atoms with E-state index >= 15 is 0 Å². The number of ether oxygens (including phenoxy) is 1. The number of unbranched alkanes of at least 4 members (excludes halogenated alkanes) is 1. The predicted molar refractivity (Wildman–Crippen MR) is 125 cm³/mol. The van der Waals surface area contributed by atoms with Crippen molar-refractivity contribution in [2.24, 2.45) is 4.99 Å². The predicted octanol–water partition coefficient (Wildman–Crippen LogP) is 4.12. The molecule has 0 fully saturated rings. The molecule has 5 nitrogen and oxygen atoms in total. The third-order valence-corrected chi connectivity index (χ3v) is 4.86. The minimum absolute atomic E-state index is 0. The Morgan fingerprint density at radius 2 is 1.96 bits per heavy atom. The fourth-order valence-electron chi connectivity index (χ4n) is 2.76. The maximum absolute atomic E-state index is 5.38. The smallest absolute Gasteiger partial charge is 0.191 e. The molecule has 0 aromatic carbocycles. The average Bonchev–Trinajstić information content (AvgIpc) is 3.15. The van der Waals surface area contributed by atoms with Crippen molar-refractivity contribution in [2.75, 3.05) is 45.9 Å². The summed E-state index contributed by atoms with van der Waals surface area (Å²) in [5, 5.41) is 11.2. The highest BCUT2D eigenvalue weighted by atomic mass is 127. The molecule has 26 heavy (non-hydrogen) atoms. The van der Waals surface area contributed by atoms with Crippen molar-refractivity contribution < 1.29 is 4.74 Å². The lowest BCUT2D eigenvalue weighted by atomic mass is 10.1. The minimum atomic E-state index is 0. The van der Waals surface area contributed by atoms with Crippen LogP contribution in [0.4, 0.5) is 0 Å². The van der Waals surface area contributed by atoms with Crippen molar-refractivity contribution in [1.82, 2.24) is 15.5 Å². The van der Waals surface area contributed by atoms with Crippen LogP contribution in [-0.4, -0.2) is 56.8 Å². The lowest BCUT2D eigenvalue weighted by Gasteiger charge is -2.28. The summed E-state index contributed by atoms with van der Waals surface area (Å²) in [7, 11) is 0. The van der Waals surface area contributed by atoms with Crippen molar-refractivity contribution in [3.63, 3.8) is 0 Å². The lowest BCUT2D eigenvalue weighted by molar-refractivity contribution is 0.143. The highest BCUT2D eigenvalue weighted by Crippen LogP contribution is 2.23. The minimum Gasteiger partial charge on any atom is -0.382 e. The standard InChI is InChI=1S/C19H36N4OS.HI/c1-5-20-19(21-12-9-10-13-24-8-4)22-15-18(23(6-2)7-3)17-11-14-25-16-17;/h11,14,16,18H,5-10,12-13,15H2,1-4H3,(H2,20,21,22);1H. The summed E-state index contributed by atoms with van der Waals surface area (Å²) in [5.41, 5.74) is 1.37. The summed E-state index contributed by atoms with van der Waals surface area (Å²) in [6, 6.07) is 2.56. The van der Waals surface area contributed by atoms with Gasteiger partial charge in [-0.05, 0) is 62.2 Å². The number of rotatable bonds is 13. The van der Waals surface area contributed by atoms with E-state index in [4.69, 9.17) is 9.73 Å². The van der Waals surface area contributed by atoms with Gasteiger partial charge in [0, 0.05) is 26.3 Å². The van der Waals surface area contributed by atoms with E-state index in [0.717, 1.165) is 64.7 Å². The van der Waals surface area contributed by atoms with E-state index in [-0.39, 0.29) is 24.0 Å². The van der Waals surface area contributed by atoms with Crippen LogP contribution < -0.4 is 10.6 Å². The molecule has 1 heterocycles. The van der Waals surface area contributed by atoms with Gasteiger partial charge < -0.3 is 15.4 Å². The zero-order chi connectivity index (χ0) is 18.3. The molecule has 1 atom stereocenters. The summed E-state index contributed by atoms with van der Waals surface area (Å²) in [6.45, 7) is 14.9. The number of guanidine groups is 1. The number of thiophene rings is 1. The summed E-state index contributed by atoms with van der Waals surface area (Å²) in [4.78, 5) is 7.32. The largest absolute Gasteiger partial charge is 0.382 e. The molecule has 152 valence electrons. The van der Waals surface area contributed by atoms with E-state index in [0.29, 0.717) is 6.04 Å². The second-order valence-corrected chi connectivity index (χ2v) is 6.62. The van der Waals surface area contributed by atoms with Gasteiger partial charge in [-0.1, -0.05) is 13.8 Å². The van der Waals surface area contributed by atoms with Gasteiger partial charge in [-0.3, -0.25) is 9.89 Å². The maximum Gasteiger partial charge on any atom is 0.191 e. The first-order chi connectivity index (χ1) is 12.3. The van der Waals surface area contributed by atoms with Gasteiger partial charge in [-0.25, -0.2) is 0 Å². The van der Waals surface area contributed by atoms with Crippen molar-refractivity contribution in [3.8, 4) is 0 Å². The summed E-state index contributed by atoms with van der Waals surface area (Å²) < 4.78 is 5.38. The number of nitrogens with zero attached hydrogens (tertiary/aromatic N) is 2. The molecule has 1 rings (SSSR count). The van der Waals surface area contributed by atoms with Gasteiger partial charge in [0.2, 0.25) is 0 Å². The zero-order valence-corrected chi connectivity index (χ0v) is 19.9. The third kappa shape index (κ3) is 10.1. The molecule has 0 amide bonds. The SMILES string of the molecule is CCNC(=NCC(c1ccsc1)N(CC)CC)NCCCCOCC.I. The number of hydrogen-bond acceptors (Lipinski definition) is 4. The molecule has 0 aliphatic carbocycles. The number of likely N-dealkylation sites (N-methyl/N-ethyl adjacent to an activating group) is 1. The van der Waals surface area contributed by atoms with Gasteiger partial charge in [0.25, 0.3) is 0 Å². The van der Waals surface area contributed by atoms with Gasteiger partial charge in [0.15, 0.2) is 5.96 Å². The molecule has 1 unspecified atom stereocenters. The fraction of sp³-hybridized carbons (Fsp3) is 0.737. The van der Waals surface area contributed by atoms with E-state index in [1.807, 2.05) is 6.92 Å². The van der Waals surface area contributed by atoms with E-state index < -0.39 is 0 Å². The fourth-order valence-corrected chi connectivity index (χ4v) is 3.47. The molecule has 1 aromatic rings. The van der Waals surface area contributed by atoms with Crippen LogP contribution in [0.5, 0.6) is 0 Å². The number of aliphatic imine (C=N–C) groups is 1. The van der Waals surface area contributed by atoms with Gasteiger partial charge in [-0.2, -0.15) is 11.3 Å².